The van der Waals surface area contributed by atoms with E-state index in [2.05, 4.69) is 9.97 Å². The average molecular weight is 367 g/mol. The average Bonchev–Trinajstić information content (AvgIpc) is 3.16. The number of H-pyrrole nitrogens is 1. The topological polar surface area (TPSA) is 49.0 Å². The Morgan fingerprint density at radius 3 is 2.25 bits per heavy atom. The fourth-order valence-electron chi connectivity index (χ4n) is 3.10. The van der Waals surface area contributed by atoms with Crippen molar-refractivity contribution in [1.29, 1.82) is 0 Å². The minimum atomic E-state index is -0.0589. The van der Waals surface area contributed by atoms with Crippen LogP contribution in [-0.2, 0) is 0 Å². The van der Waals surface area contributed by atoms with Crippen LogP contribution in [0, 0.1) is 0 Å². The summed E-state index contributed by atoms with van der Waals surface area (Å²) in [5, 5.41) is 0. The Kier molecular flexibility index (Phi) is 4.77. The zero-order valence-corrected chi connectivity index (χ0v) is 15.9. The number of benzene rings is 3. The molecule has 4 rings (SSSR count). The van der Waals surface area contributed by atoms with Gasteiger partial charge in [-0.1, -0.05) is 54.6 Å². The first-order valence-electron chi connectivity index (χ1n) is 9.16. The van der Waals surface area contributed by atoms with Crippen molar-refractivity contribution in [2.75, 3.05) is 19.0 Å². The predicted molar refractivity (Wildman–Crippen MR) is 116 cm³/mol. The van der Waals surface area contributed by atoms with Crippen molar-refractivity contribution >= 4 is 34.2 Å². The zero-order valence-electron chi connectivity index (χ0n) is 15.9. The Balaban J connectivity index is 1.82. The number of imidazole rings is 1. The Bertz CT molecular complexity index is 1110. The summed E-state index contributed by atoms with van der Waals surface area (Å²) < 4.78 is 0. The Labute approximate surface area is 164 Å². The van der Waals surface area contributed by atoms with Gasteiger partial charge in [-0.25, -0.2) is 4.98 Å². The van der Waals surface area contributed by atoms with Crippen LogP contribution in [0.25, 0.3) is 22.7 Å². The number of anilines is 1. The van der Waals surface area contributed by atoms with E-state index >= 15 is 0 Å². The van der Waals surface area contributed by atoms with Crippen molar-refractivity contribution in [2.24, 2.45) is 0 Å². The molecule has 28 heavy (non-hydrogen) atoms. The number of Topliss-reactive ketones (excluding diaryl/α,β-unsaturated/α-hetero) is 1. The molecule has 0 fully saturated rings. The lowest BCUT2D eigenvalue weighted by atomic mass is 10.0. The van der Waals surface area contributed by atoms with E-state index in [-0.39, 0.29) is 5.78 Å². The van der Waals surface area contributed by atoms with Crippen molar-refractivity contribution in [3.63, 3.8) is 0 Å². The van der Waals surface area contributed by atoms with E-state index < -0.39 is 0 Å². The second kappa shape index (κ2) is 7.53. The summed E-state index contributed by atoms with van der Waals surface area (Å²) in [5.41, 5.74) is 4.99. The molecule has 3 aromatic carbocycles. The second-order valence-electron chi connectivity index (χ2n) is 6.84. The van der Waals surface area contributed by atoms with Gasteiger partial charge in [0, 0.05) is 25.3 Å². The number of aromatic amines is 1. The molecule has 4 nitrogen and oxygen atoms in total. The van der Waals surface area contributed by atoms with Crippen LogP contribution >= 0.6 is 0 Å². The summed E-state index contributed by atoms with van der Waals surface area (Å²) in [4.78, 5) is 23.2. The van der Waals surface area contributed by atoms with E-state index in [0.717, 1.165) is 22.3 Å². The summed E-state index contributed by atoms with van der Waals surface area (Å²) in [6, 6.07) is 25.2. The van der Waals surface area contributed by atoms with Gasteiger partial charge in [0.05, 0.1) is 16.6 Å². The summed E-state index contributed by atoms with van der Waals surface area (Å²) in [7, 11) is 4.01. The number of allylic oxidation sites excluding steroid dienone is 1. The molecule has 0 aliphatic heterocycles. The molecule has 0 aliphatic carbocycles. The van der Waals surface area contributed by atoms with Gasteiger partial charge in [0.25, 0.3) is 0 Å². The van der Waals surface area contributed by atoms with Crippen LogP contribution in [0.4, 0.5) is 5.69 Å². The maximum absolute atomic E-state index is 13.3. The second-order valence-corrected chi connectivity index (χ2v) is 6.84. The number of carbonyl (C=O) groups is 1. The van der Waals surface area contributed by atoms with Gasteiger partial charge < -0.3 is 9.88 Å². The normalized spacial score (nSPS) is 11.6. The van der Waals surface area contributed by atoms with Crippen LogP contribution < -0.4 is 4.90 Å². The minimum absolute atomic E-state index is 0.0589. The number of hydrogen-bond acceptors (Lipinski definition) is 3. The van der Waals surface area contributed by atoms with Gasteiger partial charge in [-0.05, 0) is 35.9 Å². The van der Waals surface area contributed by atoms with Crippen molar-refractivity contribution < 1.29 is 4.79 Å². The Morgan fingerprint density at radius 2 is 1.57 bits per heavy atom. The van der Waals surface area contributed by atoms with E-state index in [0.29, 0.717) is 17.0 Å². The molecule has 4 aromatic rings. The molecule has 0 bridgehead atoms. The molecular formula is C24H21N3O. The summed E-state index contributed by atoms with van der Waals surface area (Å²) in [6.45, 7) is 0. The largest absolute Gasteiger partial charge is 0.378 e. The fraction of sp³-hybridized carbons (Fsp3) is 0.0833. The molecular weight excluding hydrogens is 346 g/mol. The molecule has 0 radical (unpaired) electrons. The minimum Gasteiger partial charge on any atom is -0.378 e. The number of para-hydroxylation sites is 2. The monoisotopic (exact) mass is 367 g/mol. The lowest BCUT2D eigenvalue weighted by Crippen LogP contribution is -2.08. The molecule has 0 unspecified atom stereocenters. The van der Waals surface area contributed by atoms with Gasteiger partial charge in [0.15, 0.2) is 5.78 Å². The molecule has 138 valence electrons. The highest BCUT2D eigenvalue weighted by Gasteiger charge is 2.18. The number of rotatable bonds is 5. The third-order valence-electron chi connectivity index (χ3n) is 4.65. The van der Waals surface area contributed by atoms with Crippen LogP contribution in [-0.4, -0.2) is 29.8 Å². The van der Waals surface area contributed by atoms with E-state index in [1.54, 1.807) is 0 Å². The van der Waals surface area contributed by atoms with E-state index in [4.69, 9.17) is 0 Å². The molecule has 0 amide bonds. The van der Waals surface area contributed by atoms with Crippen molar-refractivity contribution in [3.05, 3.63) is 95.8 Å². The molecule has 4 heteroatoms. The first-order chi connectivity index (χ1) is 13.6. The standard InChI is InChI=1S/C24H21N3O/c1-27(2)19-14-12-17(13-15-19)16-20(23(28)18-8-4-3-5-9-18)24-25-21-10-6-7-11-22(21)26-24/h3-16H,1-2H3,(H,25,26)/b20-16+. The number of nitrogens with one attached hydrogen (secondary N) is 1. The van der Waals surface area contributed by atoms with Crippen LogP contribution in [0.2, 0.25) is 0 Å². The molecule has 0 atom stereocenters. The highest BCUT2D eigenvalue weighted by molar-refractivity contribution is 6.31. The SMILES string of the molecule is CN(C)c1ccc(/C=C(\C(=O)c2ccccc2)c2nc3ccccc3[nH]2)cc1. The van der Waals surface area contributed by atoms with Crippen LogP contribution in [0.15, 0.2) is 78.9 Å². The predicted octanol–water partition coefficient (Wildman–Crippen LogP) is 5.05. The summed E-state index contributed by atoms with van der Waals surface area (Å²) >= 11 is 0. The summed E-state index contributed by atoms with van der Waals surface area (Å²) in [6.07, 6.45) is 1.90. The highest BCUT2D eigenvalue weighted by Crippen LogP contribution is 2.24. The maximum atomic E-state index is 13.3. The third-order valence-corrected chi connectivity index (χ3v) is 4.65. The van der Waals surface area contributed by atoms with Crippen molar-refractivity contribution in [3.8, 4) is 0 Å². The number of carbonyl (C=O) groups excluding carboxylic acids is 1. The maximum Gasteiger partial charge on any atom is 0.196 e. The van der Waals surface area contributed by atoms with Gasteiger partial charge in [0.2, 0.25) is 0 Å². The third kappa shape index (κ3) is 3.58. The highest BCUT2D eigenvalue weighted by atomic mass is 16.1. The van der Waals surface area contributed by atoms with Gasteiger partial charge in [0.1, 0.15) is 5.82 Å². The molecule has 0 aliphatic rings. The molecule has 0 spiro atoms. The molecule has 1 aromatic heterocycles. The molecule has 1 N–H and O–H groups in total. The Hall–Kier alpha value is -3.66. The number of ketones is 1. The molecule has 0 saturated carbocycles. The first-order valence-corrected chi connectivity index (χ1v) is 9.16. The van der Waals surface area contributed by atoms with Crippen LogP contribution in [0.1, 0.15) is 21.7 Å². The number of fused-ring (bicyclic) bond motifs is 1. The van der Waals surface area contributed by atoms with Crippen LogP contribution in [0.5, 0.6) is 0 Å². The molecule has 0 saturated heterocycles. The first kappa shape index (κ1) is 17.7. The van der Waals surface area contributed by atoms with Gasteiger partial charge in [-0.2, -0.15) is 0 Å². The number of hydrogen-bond donors (Lipinski definition) is 1. The lowest BCUT2D eigenvalue weighted by molar-refractivity contribution is 0.105. The molecule has 1 heterocycles. The van der Waals surface area contributed by atoms with E-state index in [9.17, 15) is 4.79 Å². The van der Waals surface area contributed by atoms with Crippen molar-refractivity contribution in [1.82, 2.24) is 9.97 Å². The van der Waals surface area contributed by atoms with Gasteiger partial charge >= 0.3 is 0 Å². The van der Waals surface area contributed by atoms with Crippen molar-refractivity contribution in [2.45, 2.75) is 0 Å². The lowest BCUT2D eigenvalue weighted by Gasteiger charge is -2.12. The van der Waals surface area contributed by atoms with Gasteiger partial charge in [-0.15, -0.1) is 0 Å². The van der Waals surface area contributed by atoms with E-state index in [1.165, 1.54) is 0 Å². The quantitative estimate of drug-likeness (QED) is 0.396. The Morgan fingerprint density at radius 1 is 0.893 bits per heavy atom. The zero-order chi connectivity index (χ0) is 19.5. The van der Waals surface area contributed by atoms with Gasteiger partial charge in [-0.3, -0.25) is 4.79 Å². The fourth-order valence-corrected chi connectivity index (χ4v) is 3.10. The van der Waals surface area contributed by atoms with Crippen LogP contribution in [0.3, 0.4) is 0 Å². The number of aromatic nitrogens is 2. The smallest absolute Gasteiger partial charge is 0.196 e. The van der Waals surface area contributed by atoms with E-state index in [1.807, 2.05) is 104 Å². The number of nitrogens with zero attached hydrogens (tertiary/aromatic N) is 2. The summed E-state index contributed by atoms with van der Waals surface area (Å²) in [5.74, 6) is 0.517.